The first kappa shape index (κ1) is 19.6. The van der Waals surface area contributed by atoms with Gasteiger partial charge in [0.25, 0.3) is 0 Å². The number of esters is 1. The molecule has 0 heterocycles. The van der Waals surface area contributed by atoms with Crippen LogP contribution < -0.4 is 4.74 Å². The third kappa shape index (κ3) is 2.57. The van der Waals surface area contributed by atoms with Crippen LogP contribution in [-0.4, -0.2) is 36.2 Å². The molecule has 152 valence electrons. The Hall–Kier alpha value is -2.66. The first-order chi connectivity index (χ1) is 13.8. The van der Waals surface area contributed by atoms with Gasteiger partial charge in [-0.05, 0) is 52.4 Å². The molecule has 0 saturated heterocycles. The Kier molecular flexibility index (Phi) is 4.54. The average molecular weight is 394 g/mol. The van der Waals surface area contributed by atoms with Gasteiger partial charge < -0.3 is 14.6 Å². The lowest BCUT2D eigenvalue weighted by atomic mass is 9.60. The van der Waals surface area contributed by atoms with Gasteiger partial charge in [0.1, 0.15) is 12.4 Å². The smallest absolute Gasteiger partial charge is 0.303 e. The largest absolute Gasteiger partial charge is 0.497 e. The van der Waals surface area contributed by atoms with Gasteiger partial charge in [-0.1, -0.05) is 38.1 Å². The predicted molar refractivity (Wildman–Crippen MR) is 111 cm³/mol. The van der Waals surface area contributed by atoms with Crippen molar-refractivity contribution in [3.63, 3.8) is 0 Å². The summed E-state index contributed by atoms with van der Waals surface area (Å²) in [6, 6.07) is 10.2. The van der Waals surface area contributed by atoms with Gasteiger partial charge in [-0.25, -0.2) is 0 Å². The SMILES string of the molecule is COc1ccc2c3c(ccc2c1)C1=C[C@@H](C)[C@@](OC(C)=O)(C(=O)CO)[C@@]1(C)CC3. The molecule has 0 radical (unpaired) electrons. The zero-order chi connectivity index (χ0) is 21.0. The monoisotopic (exact) mass is 394 g/mol. The molecule has 2 aliphatic carbocycles. The zero-order valence-electron chi connectivity index (χ0n) is 17.2. The Balaban J connectivity index is 1.91. The molecular weight excluding hydrogens is 368 g/mol. The highest BCUT2D eigenvalue weighted by Crippen LogP contribution is 2.61. The van der Waals surface area contributed by atoms with E-state index >= 15 is 0 Å². The number of hydrogen-bond acceptors (Lipinski definition) is 5. The molecule has 0 bridgehead atoms. The Bertz CT molecular complexity index is 1050. The number of ether oxygens (including phenoxy) is 2. The van der Waals surface area contributed by atoms with Crippen LogP contribution in [0.4, 0.5) is 0 Å². The van der Waals surface area contributed by atoms with Gasteiger partial charge in [0.15, 0.2) is 5.60 Å². The molecule has 0 aromatic heterocycles. The molecule has 5 heteroatoms. The normalized spacial score (nSPS) is 27.8. The number of methoxy groups -OCH3 is 1. The van der Waals surface area contributed by atoms with E-state index in [-0.39, 0.29) is 5.92 Å². The average Bonchev–Trinajstić information content (AvgIpc) is 2.94. The van der Waals surface area contributed by atoms with Crippen molar-refractivity contribution in [2.24, 2.45) is 11.3 Å². The number of hydrogen-bond donors (Lipinski definition) is 1. The highest BCUT2D eigenvalue weighted by molar-refractivity contribution is 6.00. The van der Waals surface area contributed by atoms with Gasteiger partial charge in [0.2, 0.25) is 5.78 Å². The molecule has 0 saturated carbocycles. The second-order valence-electron chi connectivity index (χ2n) is 8.29. The van der Waals surface area contributed by atoms with Crippen LogP contribution in [0.25, 0.3) is 16.3 Å². The standard InChI is InChI=1S/C24H26O5/c1-14-11-21-20-7-5-16-12-17(28-4)6-8-18(16)19(20)9-10-23(21,3)24(14,22(27)13-25)29-15(2)26/h5-8,11-12,14,25H,9-10,13H2,1-4H3/t14-,23+,24-/m1/s1. The Morgan fingerprint density at radius 1 is 1.24 bits per heavy atom. The quantitative estimate of drug-likeness (QED) is 0.801. The van der Waals surface area contributed by atoms with Gasteiger partial charge in [0.05, 0.1) is 7.11 Å². The lowest BCUT2D eigenvalue weighted by molar-refractivity contribution is -0.182. The molecule has 0 unspecified atom stereocenters. The zero-order valence-corrected chi connectivity index (χ0v) is 17.2. The lowest BCUT2D eigenvalue weighted by Crippen LogP contribution is -2.58. The maximum atomic E-state index is 13.0. The topological polar surface area (TPSA) is 72.8 Å². The molecule has 0 spiro atoms. The number of fused-ring (bicyclic) bond motifs is 5. The summed E-state index contributed by atoms with van der Waals surface area (Å²) >= 11 is 0. The summed E-state index contributed by atoms with van der Waals surface area (Å²) in [7, 11) is 1.66. The number of Topliss-reactive ketones (excluding diaryl/α,β-unsaturated/α-hetero) is 1. The second-order valence-corrected chi connectivity index (χ2v) is 8.29. The molecule has 0 amide bonds. The van der Waals surface area contributed by atoms with E-state index in [1.165, 1.54) is 12.5 Å². The van der Waals surface area contributed by atoms with Crippen LogP contribution in [0, 0.1) is 11.3 Å². The van der Waals surface area contributed by atoms with Crippen molar-refractivity contribution >= 4 is 28.1 Å². The van der Waals surface area contributed by atoms with Crippen molar-refractivity contribution < 1.29 is 24.2 Å². The van der Waals surface area contributed by atoms with Crippen LogP contribution in [0.1, 0.15) is 38.3 Å². The summed E-state index contributed by atoms with van der Waals surface area (Å²) in [6.45, 7) is 4.54. The number of aliphatic hydroxyl groups is 1. The molecule has 2 aromatic rings. The van der Waals surface area contributed by atoms with Gasteiger partial charge in [-0.3, -0.25) is 9.59 Å². The fraction of sp³-hybridized carbons (Fsp3) is 0.417. The Morgan fingerprint density at radius 2 is 2.00 bits per heavy atom. The maximum absolute atomic E-state index is 13.0. The van der Waals surface area contributed by atoms with E-state index in [0.29, 0.717) is 6.42 Å². The van der Waals surface area contributed by atoms with Crippen molar-refractivity contribution in [1.29, 1.82) is 0 Å². The number of ketones is 1. The minimum absolute atomic E-state index is 0.330. The van der Waals surface area contributed by atoms with Crippen molar-refractivity contribution in [2.75, 3.05) is 13.7 Å². The summed E-state index contributed by atoms with van der Waals surface area (Å²) in [4.78, 5) is 24.9. The minimum Gasteiger partial charge on any atom is -0.497 e. The van der Waals surface area contributed by atoms with E-state index in [1.54, 1.807) is 7.11 Å². The van der Waals surface area contributed by atoms with Gasteiger partial charge in [-0.15, -0.1) is 0 Å². The number of carbonyl (C=O) groups excluding carboxylic acids is 2. The van der Waals surface area contributed by atoms with E-state index in [9.17, 15) is 14.7 Å². The second kappa shape index (κ2) is 6.70. The third-order valence-corrected chi connectivity index (χ3v) is 6.84. The molecule has 0 fully saturated rings. The Labute approximate surface area is 170 Å². The van der Waals surface area contributed by atoms with Crippen LogP contribution in [0.15, 0.2) is 36.4 Å². The minimum atomic E-state index is -1.38. The first-order valence-electron chi connectivity index (χ1n) is 9.94. The van der Waals surface area contributed by atoms with Crippen LogP contribution in [-0.2, 0) is 20.7 Å². The van der Waals surface area contributed by atoms with Gasteiger partial charge in [-0.2, -0.15) is 0 Å². The first-order valence-corrected chi connectivity index (χ1v) is 9.94. The van der Waals surface area contributed by atoms with Crippen LogP contribution >= 0.6 is 0 Å². The molecule has 2 aromatic carbocycles. The van der Waals surface area contributed by atoms with Gasteiger partial charge in [0, 0.05) is 18.3 Å². The van der Waals surface area contributed by atoms with Crippen LogP contribution in [0.2, 0.25) is 0 Å². The summed E-state index contributed by atoms with van der Waals surface area (Å²) in [6.07, 6.45) is 3.45. The summed E-state index contributed by atoms with van der Waals surface area (Å²) in [5, 5.41) is 12.0. The molecule has 5 nitrogen and oxygen atoms in total. The molecule has 4 rings (SSSR count). The molecule has 0 aliphatic heterocycles. The lowest BCUT2D eigenvalue weighted by Gasteiger charge is -2.47. The number of carbonyl (C=O) groups is 2. The highest BCUT2D eigenvalue weighted by Gasteiger charge is 2.64. The van der Waals surface area contributed by atoms with E-state index in [0.717, 1.165) is 34.1 Å². The molecule has 1 N–H and O–H groups in total. The van der Waals surface area contributed by atoms with E-state index < -0.39 is 29.4 Å². The van der Waals surface area contributed by atoms with Gasteiger partial charge >= 0.3 is 5.97 Å². The summed E-state index contributed by atoms with van der Waals surface area (Å²) in [5.74, 6) is -0.466. The number of aryl methyl sites for hydroxylation is 1. The number of benzene rings is 2. The van der Waals surface area contributed by atoms with Crippen molar-refractivity contribution in [2.45, 2.75) is 39.2 Å². The fourth-order valence-electron chi connectivity index (χ4n) is 5.53. The summed E-state index contributed by atoms with van der Waals surface area (Å²) < 4.78 is 11.1. The summed E-state index contributed by atoms with van der Waals surface area (Å²) in [5.41, 5.74) is 1.27. The molecule has 29 heavy (non-hydrogen) atoms. The molecule has 3 atom stereocenters. The van der Waals surface area contributed by atoms with Crippen LogP contribution in [0.3, 0.4) is 0 Å². The molecular formula is C24H26O5. The maximum Gasteiger partial charge on any atom is 0.303 e. The van der Waals surface area contributed by atoms with E-state index in [4.69, 9.17) is 9.47 Å². The molecule has 2 aliphatic rings. The third-order valence-electron chi connectivity index (χ3n) is 6.84. The Morgan fingerprint density at radius 3 is 2.66 bits per heavy atom. The predicted octanol–water partition coefficient (Wildman–Crippen LogP) is 3.70. The van der Waals surface area contributed by atoms with Crippen molar-refractivity contribution in [3.8, 4) is 5.75 Å². The van der Waals surface area contributed by atoms with Crippen molar-refractivity contribution in [3.05, 3.63) is 47.5 Å². The van der Waals surface area contributed by atoms with Crippen molar-refractivity contribution in [1.82, 2.24) is 0 Å². The fourth-order valence-corrected chi connectivity index (χ4v) is 5.53. The van der Waals surface area contributed by atoms with E-state index in [1.807, 2.05) is 32.1 Å². The number of rotatable bonds is 4. The highest BCUT2D eigenvalue weighted by atomic mass is 16.6. The van der Waals surface area contributed by atoms with E-state index in [2.05, 4.69) is 18.2 Å². The van der Waals surface area contributed by atoms with Crippen LogP contribution in [0.5, 0.6) is 5.75 Å². The number of aliphatic hydroxyl groups excluding tert-OH is 1.